The van der Waals surface area contributed by atoms with Crippen molar-refractivity contribution < 1.29 is 29.2 Å². The average molecular weight is 276 g/mol. The predicted octanol–water partition coefficient (Wildman–Crippen LogP) is 0.400. The molecule has 0 unspecified atom stereocenters. The Morgan fingerprint density at radius 1 is 1.05 bits per heavy atom. The molecule has 0 saturated carbocycles. The van der Waals surface area contributed by atoms with Gasteiger partial charge < -0.3 is 29.2 Å². The van der Waals surface area contributed by atoms with Gasteiger partial charge in [0.05, 0.1) is 12.7 Å². The molecule has 6 heteroatoms. The molecule has 0 spiro atoms. The number of hydrogen-bond donors (Lipinski definition) is 2. The molecule has 0 aromatic rings. The van der Waals surface area contributed by atoms with Gasteiger partial charge in [-0.15, -0.1) is 0 Å². The quantitative estimate of drug-likeness (QED) is 0.760. The summed E-state index contributed by atoms with van der Waals surface area (Å²) in [5.41, 5.74) is 0. The summed E-state index contributed by atoms with van der Waals surface area (Å²) in [6.07, 6.45) is -3.44. The minimum atomic E-state index is -0.962. The van der Waals surface area contributed by atoms with Crippen molar-refractivity contribution in [1.82, 2.24) is 0 Å². The van der Waals surface area contributed by atoms with Gasteiger partial charge in [-0.3, -0.25) is 0 Å². The highest BCUT2D eigenvalue weighted by Crippen LogP contribution is 2.35. The van der Waals surface area contributed by atoms with Crippen LogP contribution in [0, 0.1) is 0 Å². The first-order valence-electron chi connectivity index (χ1n) is 6.65. The third-order valence-corrected chi connectivity index (χ3v) is 3.39. The van der Waals surface area contributed by atoms with E-state index >= 15 is 0 Å². The molecule has 0 aromatic heterocycles. The van der Waals surface area contributed by atoms with Gasteiger partial charge in [0.25, 0.3) is 0 Å². The minimum Gasteiger partial charge on any atom is -0.391 e. The van der Waals surface area contributed by atoms with Crippen LogP contribution in [0.25, 0.3) is 0 Å². The third kappa shape index (κ3) is 3.26. The third-order valence-electron chi connectivity index (χ3n) is 3.39. The molecule has 0 aromatic carbocycles. The Morgan fingerprint density at radius 3 is 2.16 bits per heavy atom. The van der Waals surface area contributed by atoms with Crippen LogP contribution in [0.1, 0.15) is 34.6 Å². The van der Waals surface area contributed by atoms with E-state index in [9.17, 15) is 10.2 Å². The van der Waals surface area contributed by atoms with Gasteiger partial charge in [-0.25, -0.2) is 0 Å². The standard InChI is InChI=1S/C13H24O6/c1-7(14)10-9(15)11(19-13(4,5)18-10)8-6-16-12(2,3)17-8/h7-11,14-15H,6H2,1-5H3/t7-,8-,9+,10-,11+/m0/s1. The summed E-state index contributed by atoms with van der Waals surface area (Å²) in [4.78, 5) is 0. The molecule has 112 valence electrons. The molecule has 0 radical (unpaired) electrons. The normalized spacial score (nSPS) is 43.1. The molecule has 2 aliphatic rings. The van der Waals surface area contributed by atoms with E-state index in [0.717, 1.165) is 0 Å². The molecule has 2 fully saturated rings. The van der Waals surface area contributed by atoms with E-state index in [-0.39, 0.29) is 6.10 Å². The molecule has 6 nitrogen and oxygen atoms in total. The zero-order valence-corrected chi connectivity index (χ0v) is 12.1. The maximum atomic E-state index is 10.3. The molecule has 2 rings (SSSR count). The zero-order valence-electron chi connectivity index (χ0n) is 12.1. The Morgan fingerprint density at radius 2 is 1.68 bits per heavy atom. The summed E-state index contributed by atoms with van der Waals surface area (Å²) < 4.78 is 22.6. The Kier molecular flexibility index (Phi) is 3.94. The summed E-state index contributed by atoms with van der Waals surface area (Å²) in [5.74, 6) is -1.57. The van der Waals surface area contributed by atoms with Gasteiger partial charge in [0.2, 0.25) is 0 Å². The Bertz CT molecular complexity index is 325. The lowest BCUT2D eigenvalue weighted by Crippen LogP contribution is -2.61. The Hall–Kier alpha value is -0.240. The molecule has 5 atom stereocenters. The minimum absolute atomic E-state index is 0.345. The Labute approximate surface area is 113 Å². The molecule has 2 heterocycles. The summed E-state index contributed by atoms with van der Waals surface area (Å²) in [7, 11) is 0. The number of rotatable bonds is 2. The lowest BCUT2D eigenvalue weighted by molar-refractivity contribution is -0.356. The van der Waals surface area contributed by atoms with Crippen molar-refractivity contribution in [3.63, 3.8) is 0 Å². The summed E-state index contributed by atoms with van der Waals surface area (Å²) >= 11 is 0. The van der Waals surface area contributed by atoms with Crippen molar-refractivity contribution in [3.8, 4) is 0 Å². The number of hydrogen-bond acceptors (Lipinski definition) is 6. The Balaban J connectivity index is 2.14. The fraction of sp³-hybridized carbons (Fsp3) is 1.00. The maximum absolute atomic E-state index is 10.3. The van der Waals surface area contributed by atoms with Crippen LogP contribution in [0.2, 0.25) is 0 Å². The van der Waals surface area contributed by atoms with Crippen molar-refractivity contribution in [2.45, 2.75) is 76.7 Å². The van der Waals surface area contributed by atoms with Crippen LogP contribution in [-0.2, 0) is 18.9 Å². The molecule has 2 saturated heterocycles. The summed E-state index contributed by atoms with van der Waals surface area (Å²) in [6.45, 7) is 9.07. The molecular weight excluding hydrogens is 252 g/mol. The number of aliphatic hydroxyl groups is 2. The first-order chi connectivity index (χ1) is 8.61. The van der Waals surface area contributed by atoms with Gasteiger partial charge in [0.1, 0.15) is 24.4 Å². The molecular formula is C13H24O6. The van der Waals surface area contributed by atoms with Gasteiger partial charge in [0, 0.05) is 0 Å². The van der Waals surface area contributed by atoms with E-state index in [1.165, 1.54) is 0 Å². The van der Waals surface area contributed by atoms with E-state index in [4.69, 9.17) is 18.9 Å². The van der Waals surface area contributed by atoms with E-state index in [0.29, 0.717) is 6.61 Å². The second-order valence-corrected chi connectivity index (χ2v) is 6.16. The van der Waals surface area contributed by atoms with Crippen LogP contribution in [-0.4, -0.2) is 58.9 Å². The fourth-order valence-electron chi connectivity index (χ4n) is 2.57. The lowest BCUT2D eigenvalue weighted by Gasteiger charge is -2.46. The molecule has 19 heavy (non-hydrogen) atoms. The maximum Gasteiger partial charge on any atom is 0.164 e. The second kappa shape index (κ2) is 4.95. The zero-order chi connectivity index (χ0) is 14.4. The highest BCUT2D eigenvalue weighted by atomic mass is 16.8. The van der Waals surface area contributed by atoms with Crippen LogP contribution in [0.3, 0.4) is 0 Å². The van der Waals surface area contributed by atoms with Gasteiger partial charge in [-0.1, -0.05) is 0 Å². The molecule has 0 aliphatic carbocycles. The predicted molar refractivity (Wildman–Crippen MR) is 66.4 cm³/mol. The van der Waals surface area contributed by atoms with Crippen LogP contribution in [0.5, 0.6) is 0 Å². The molecule has 0 bridgehead atoms. The summed E-state index contributed by atoms with van der Waals surface area (Å²) in [5, 5.41) is 20.0. The van der Waals surface area contributed by atoms with Gasteiger partial charge in [-0.2, -0.15) is 0 Å². The SMILES string of the molecule is C[C@H](O)[C@@H]1OC(C)(C)O[C@H]([C@@H]2COC(C)(C)O2)[C@@H]1O. The van der Waals surface area contributed by atoms with Crippen molar-refractivity contribution in [3.05, 3.63) is 0 Å². The highest BCUT2D eigenvalue weighted by Gasteiger charge is 2.50. The average Bonchev–Trinajstić information content (AvgIpc) is 2.61. The van der Waals surface area contributed by atoms with E-state index in [2.05, 4.69) is 0 Å². The second-order valence-electron chi connectivity index (χ2n) is 6.16. The van der Waals surface area contributed by atoms with Gasteiger partial charge >= 0.3 is 0 Å². The van der Waals surface area contributed by atoms with E-state index in [1.54, 1.807) is 20.8 Å². The molecule has 2 aliphatic heterocycles. The van der Waals surface area contributed by atoms with Crippen molar-refractivity contribution in [2.24, 2.45) is 0 Å². The number of aliphatic hydroxyl groups excluding tert-OH is 2. The first-order valence-corrected chi connectivity index (χ1v) is 6.65. The topological polar surface area (TPSA) is 77.4 Å². The van der Waals surface area contributed by atoms with E-state index < -0.39 is 36.0 Å². The monoisotopic (exact) mass is 276 g/mol. The van der Waals surface area contributed by atoms with Gasteiger partial charge in [-0.05, 0) is 34.6 Å². The van der Waals surface area contributed by atoms with Crippen LogP contribution in [0.4, 0.5) is 0 Å². The molecule has 2 N–H and O–H groups in total. The smallest absolute Gasteiger partial charge is 0.164 e. The first kappa shape index (κ1) is 15.2. The van der Waals surface area contributed by atoms with E-state index in [1.807, 2.05) is 13.8 Å². The highest BCUT2D eigenvalue weighted by molar-refractivity contribution is 4.93. The fourth-order valence-corrected chi connectivity index (χ4v) is 2.57. The van der Waals surface area contributed by atoms with Gasteiger partial charge in [0.15, 0.2) is 11.6 Å². The van der Waals surface area contributed by atoms with Crippen LogP contribution >= 0.6 is 0 Å². The summed E-state index contributed by atoms with van der Waals surface area (Å²) in [6, 6.07) is 0. The lowest BCUT2D eigenvalue weighted by atomic mass is 9.97. The van der Waals surface area contributed by atoms with Crippen LogP contribution < -0.4 is 0 Å². The molecule has 0 amide bonds. The van der Waals surface area contributed by atoms with Crippen molar-refractivity contribution >= 4 is 0 Å². The van der Waals surface area contributed by atoms with Crippen molar-refractivity contribution in [1.29, 1.82) is 0 Å². The van der Waals surface area contributed by atoms with Crippen molar-refractivity contribution in [2.75, 3.05) is 6.61 Å². The van der Waals surface area contributed by atoms with Crippen LogP contribution in [0.15, 0.2) is 0 Å². The number of ether oxygens (including phenoxy) is 4. The largest absolute Gasteiger partial charge is 0.391 e.